The molecule has 142 valence electrons. The topological polar surface area (TPSA) is 59.8 Å². The number of thioether (sulfide) groups is 1. The molecule has 0 spiro atoms. The van der Waals surface area contributed by atoms with Crippen LogP contribution in [0.2, 0.25) is 5.02 Å². The third-order valence-corrected chi connectivity index (χ3v) is 6.19. The highest BCUT2D eigenvalue weighted by Crippen LogP contribution is 2.40. The lowest BCUT2D eigenvalue weighted by Crippen LogP contribution is -2.31. The number of benzene rings is 1. The number of ketones is 1. The SMILES string of the molecule is CCCCCSc1nc2n(n1)C(c1ccc(Cl)cc1)C1=C(CCCC1=O)N2. The number of rotatable bonds is 6. The number of carbonyl (C=O) groups excluding carboxylic acids is 1. The molecule has 1 aliphatic heterocycles. The van der Waals surface area contributed by atoms with Gasteiger partial charge in [0.05, 0.1) is 0 Å². The molecular formula is C20H23ClN4OS. The van der Waals surface area contributed by atoms with E-state index in [0.717, 1.165) is 53.0 Å². The van der Waals surface area contributed by atoms with E-state index >= 15 is 0 Å². The lowest BCUT2D eigenvalue weighted by molar-refractivity contribution is -0.116. The van der Waals surface area contributed by atoms with Crippen LogP contribution in [-0.4, -0.2) is 26.3 Å². The number of hydrogen-bond acceptors (Lipinski definition) is 5. The second-order valence-electron chi connectivity index (χ2n) is 6.97. The van der Waals surface area contributed by atoms with E-state index in [0.29, 0.717) is 11.4 Å². The summed E-state index contributed by atoms with van der Waals surface area (Å²) in [4.78, 5) is 17.4. The highest BCUT2D eigenvalue weighted by atomic mass is 35.5. The lowest BCUT2D eigenvalue weighted by Gasteiger charge is -2.32. The zero-order valence-corrected chi connectivity index (χ0v) is 16.9. The van der Waals surface area contributed by atoms with Crippen LogP contribution in [0.4, 0.5) is 5.95 Å². The van der Waals surface area contributed by atoms with Crippen LogP contribution >= 0.6 is 23.4 Å². The molecule has 4 rings (SSSR count). The van der Waals surface area contributed by atoms with E-state index in [1.165, 1.54) is 12.8 Å². The quantitative estimate of drug-likeness (QED) is 0.529. The maximum absolute atomic E-state index is 12.7. The number of halogens is 1. The molecule has 1 aromatic carbocycles. The van der Waals surface area contributed by atoms with Crippen LogP contribution in [0.15, 0.2) is 40.7 Å². The molecule has 27 heavy (non-hydrogen) atoms. The predicted molar refractivity (Wildman–Crippen MR) is 109 cm³/mol. The Labute approximate surface area is 168 Å². The summed E-state index contributed by atoms with van der Waals surface area (Å²) in [6, 6.07) is 7.44. The Morgan fingerprint density at radius 3 is 2.85 bits per heavy atom. The molecule has 2 aromatic rings. The first-order chi connectivity index (χ1) is 13.2. The first-order valence-electron chi connectivity index (χ1n) is 9.55. The van der Waals surface area contributed by atoms with Crippen molar-refractivity contribution in [2.75, 3.05) is 11.1 Å². The number of carbonyl (C=O) groups is 1. The monoisotopic (exact) mass is 402 g/mol. The van der Waals surface area contributed by atoms with Crippen molar-refractivity contribution < 1.29 is 4.79 Å². The van der Waals surface area contributed by atoms with Crippen molar-refractivity contribution in [3.05, 3.63) is 46.1 Å². The van der Waals surface area contributed by atoms with Crippen molar-refractivity contribution in [3.63, 3.8) is 0 Å². The predicted octanol–water partition coefficient (Wildman–Crippen LogP) is 5.24. The molecule has 2 aliphatic rings. The molecule has 1 aromatic heterocycles. The summed E-state index contributed by atoms with van der Waals surface area (Å²) in [6.45, 7) is 2.20. The summed E-state index contributed by atoms with van der Waals surface area (Å²) < 4.78 is 1.87. The third kappa shape index (κ3) is 3.78. The number of nitrogens with one attached hydrogen (secondary N) is 1. The minimum atomic E-state index is -0.237. The van der Waals surface area contributed by atoms with E-state index in [4.69, 9.17) is 16.7 Å². The Kier molecular flexibility index (Phi) is 5.55. The van der Waals surface area contributed by atoms with Gasteiger partial charge < -0.3 is 5.32 Å². The first kappa shape index (κ1) is 18.6. The number of nitrogens with zero attached hydrogens (tertiary/aromatic N) is 3. The van der Waals surface area contributed by atoms with Crippen LogP contribution < -0.4 is 5.32 Å². The van der Waals surface area contributed by atoms with Crippen molar-refractivity contribution >= 4 is 35.1 Å². The summed E-state index contributed by atoms with van der Waals surface area (Å²) in [5.74, 6) is 1.93. The molecule has 0 saturated carbocycles. The number of allylic oxidation sites excluding steroid dienone is 2. The van der Waals surface area contributed by atoms with Gasteiger partial charge in [-0.3, -0.25) is 4.79 Å². The van der Waals surface area contributed by atoms with Crippen molar-refractivity contribution in [2.24, 2.45) is 0 Å². The Bertz CT molecular complexity index is 875. The number of Topliss-reactive ketones (excluding diaryl/α,β-unsaturated/α-hetero) is 1. The molecule has 0 amide bonds. The van der Waals surface area contributed by atoms with Crippen molar-refractivity contribution in [1.29, 1.82) is 0 Å². The minimum Gasteiger partial charge on any atom is -0.328 e. The van der Waals surface area contributed by atoms with Gasteiger partial charge in [-0.25, -0.2) is 4.68 Å². The third-order valence-electron chi connectivity index (χ3n) is 5.01. The number of unbranched alkanes of at least 4 members (excludes halogenated alkanes) is 2. The van der Waals surface area contributed by atoms with Gasteiger partial charge in [0.1, 0.15) is 6.04 Å². The molecule has 0 bridgehead atoms. The van der Waals surface area contributed by atoms with Gasteiger partial charge in [-0.05, 0) is 37.0 Å². The fraction of sp³-hybridized carbons (Fsp3) is 0.450. The summed E-state index contributed by atoms with van der Waals surface area (Å²) in [5, 5.41) is 9.56. The van der Waals surface area contributed by atoms with Crippen LogP contribution in [0.5, 0.6) is 0 Å². The smallest absolute Gasteiger partial charge is 0.227 e. The second kappa shape index (κ2) is 8.07. The van der Waals surface area contributed by atoms with Gasteiger partial charge in [0.2, 0.25) is 11.1 Å². The van der Waals surface area contributed by atoms with Gasteiger partial charge in [-0.15, -0.1) is 5.10 Å². The summed E-state index contributed by atoms with van der Waals surface area (Å²) in [5.41, 5.74) is 2.83. The molecule has 1 unspecified atom stereocenters. The Morgan fingerprint density at radius 1 is 1.26 bits per heavy atom. The van der Waals surface area contributed by atoms with Crippen molar-refractivity contribution in [3.8, 4) is 0 Å². The average molecular weight is 403 g/mol. The van der Waals surface area contributed by atoms with Gasteiger partial charge >= 0.3 is 0 Å². The summed E-state index contributed by atoms with van der Waals surface area (Å²) in [6.07, 6.45) is 5.92. The van der Waals surface area contributed by atoms with E-state index in [1.807, 2.05) is 28.9 Å². The Hall–Kier alpha value is -1.79. The molecular weight excluding hydrogens is 380 g/mol. The summed E-state index contributed by atoms with van der Waals surface area (Å²) >= 11 is 7.75. The fourth-order valence-electron chi connectivity index (χ4n) is 3.67. The molecule has 1 N–H and O–H groups in total. The van der Waals surface area contributed by atoms with Crippen LogP contribution in [0, 0.1) is 0 Å². The van der Waals surface area contributed by atoms with E-state index in [-0.39, 0.29) is 11.8 Å². The molecule has 1 aliphatic carbocycles. The normalized spacial score (nSPS) is 18.9. The van der Waals surface area contributed by atoms with Crippen LogP contribution in [0.25, 0.3) is 0 Å². The number of fused-ring (bicyclic) bond motifs is 1. The standard InChI is InChI=1S/C20H23ClN4OS/c1-2-3-4-12-27-20-23-19-22-15-6-5-7-16(26)17(15)18(25(19)24-20)13-8-10-14(21)11-9-13/h8-11,18H,2-7,12H2,1H3,(H,22,23,24). The highest BCUT2D eigenvalue weighted by molar-refractivity contribution is 7.99. The van der Waals surface area contributed by atoms with E-state index < -0.39 is 0 Å². The minimum absolute atomic E-state index is 0.196. The maximum atomic E-state index is 12.7. The van der Waals surface area contributed by atoms with E-state index in [9.17, 15) is 4.79 Å². The molecule has 0 saturated heterocycles. The molecule has 7 heteroatoms. The zero-order chi connectivity index (χ0) is 18.8. The largest absolute Gasteiger partial charge is 0.328 e. The number of aromatic nitrogens is 3. The van der Waals surface area contributed by atoms with Gasteiger partial charge in [0.15, 0.2) is 5.78 Å². The molecule has 2 heterocycles. The van der Waals surface area contributed by atoms with Crippen LogP contribution in [-0.2, 0) is 4.79 Å². The number of hydrogen-bond donors (Lipinski definition) is 1. The van der Waals surface area contributed by atoms with Crippen LogP contribution in [0.1, 0.15) is 57.1 Å². The lowest BCUT2D eigenvalue weighted by atomic mass is 9.85. The van der Waals surface area contributed by atoms with Gasteiger partial charge in [0, 0.05) is 28.5 Å². The molecule has 5 nitrogen and oxygen atoms in total. The van der Waals surface area contributed by atoms with Gasteiger partial charge in [0.25, 0.3) is 0 Å². The average Bonchev–Trinajstić information content (AvgIpc) is 3.07. The van der Waals surface area contributed by atoms with Gasteiger partial charge in [-0.1, -0.05) is 55.3 Å². The Balaban J connectivity index is 1.70. The Morgan fingerprint density at radius 2 is 2.07 bits per heavy atom. The van der Waals surface area contributed by atoms with Crippen LogP contribution in [0.3, 0.4) is 0 Å². The van der Waals surface area contributed by atoms with Crippen molar-refractivity contribution in [1.82, 2.24) is 14.8 Å². The van der Waals surface area contributed by atoms with Gasteiger partial charge in [-0.2, -0.15) is 4.98 Å². The zero-order valence-electron chi connectivity index (χ0n) is 15.4. The summed E-state index contributed by atoms with van der Waals surface area (Å²) in [7, 11) is 0. The second-order valence-corrected chi connectivity index (χ2v) is 8.46. The molecule has 1 atom stereocenters. The first-order valence-corrected chi connectivity index (χ1v) is 10.9. The van der Waals surface area contributed by atoms with E-state index in [2.05, 4.69) is 17.2 Å². The molecule has 0 fully saturated rings. The fourth-order valence-corrected chi connectivity index (χ4v) is 4.62. The molecule has 0 radical (unpaired) electrons. The number of anilines is 1. The maximum Gasteiger partial charge on any atom is 0.227 e. The van der Waals surface area contributed by atoms with Crippen molar-refractivity contribution in [2.45, 2.75) is 56.6 Å². The van der Waals surface area contributed by atoms with E-state index in [1.54, 1.807) is 11.8 Å². The highest BCUT2D eigenvalue weighted by Gasteiger charge is 2.36.